The average molecular weight is 428 g/mol. The van der Waals surface area contributed by atoms with E-state index in [9.17, 15) is 4.79 Å². The lowest BCUT2D eigenvalue weighted by molar-refractivity contribution is 0.0963. The molecule has 2 aromatic carbocycles. The summed E-state index contributed by atoms with van der Waals surface area (Å²) in [5.41, 5.74) is 4.09. The van der Waals surface area contributed by atoms with E-state index >= 15 is 0 Å². The minimum atomic E-state index is 0.128. The lowest BCUT2D eigenvalue weighted by Crippen LogP contribution is -2.46. The fraction of sp³-hybridized carbons (Fsp3) is 0.346. The highest BCUT2D eigenvalue weighted by molar-refractivity contribution is 6.03. The van der Waals surface area contributed by atoms with Gasteiger partial charge in [0, 0.05) is 46.2 Å². The maximum Gasteiger partial charge on any atom is 0.227 e. The van der Waals surface area contributed by atoms with Gasteiger partial charge in [0.05, 0.1) is 11.3 Å². The van der Waals surface area contributed by atoms with Crippen molar-refractivity contribution in [3.8, 4) is 0 Å². The predicted octanol–water partition coefficient (Wildman–Crippen LogP) is 3.75. The number of carbonyl (C=O) groups is 1. The number of benzene rings is 2. The molecule has 0 bridgehead atoms. The lowest BCUT2D eigenvalue weighted by atomic mass is 9.82. The zero-order valence-corrected chi connectivity index (χ0v) is 18.5. The second-order valence-electron chi connectivity index (χ2n) is 8.63. The molecule has 1 atom stereocenters. The quantitative estimate of drug-likeness (QED) is 0.669. The van der Waals surface area contributed by atoms with Crippen LogP contribution in [-0.4, -0.2) is 53.9 Å². The van der Waals surface area contributed by atoms with Crippen molar-refractivity contribution in [3.63, 3.8) is 0 Å². The fourth-order valence-corrected chi connectivity index (χ4v) is 4.80. The third-order valence-electron chi connectivity index (χ3n) is 6.53. The largest absolute Gasteiger partial charge is 0.372 e. The molecule has 3 aromatic rings. The van der Waals surface area contributed by atoms with Crippen molar-refractivity contribution in [2.45, 2.75) is 25.3 Å². The average Bonchev–Trinajstić information content (AvgIpc) is 2.85. The second-order valence-corrected chi connectivity index (χ2v) is 8.63. The smallest absolute Gasteiger partial charge is 0.227 e. The number of carbonyl (C=O) groups excluding carboxylic acids is 1. The van der Waals surface area contributed by atoms with Gasteiger partial charge in [0.15, 0.2) is 5.78 Å². The van der Waals surface area contributed by atoms with Crippen LogP contribution >= 0.6 is 0 Å². The summed E-state index contributed by atoms with van der Waals surface area (Å²) in [6.45, 7) is 4.66. The summed E-state index contributed by atoms with van der Waals surface area (Å²) in [7, 11) is 1.83. The van der Waals surface area contributed by atoms with Crippen molar-refractivity contribution < 1.29 is 4.79 Å². The van der Waals surface area contributed by atoms with Crippen LogP contribution in [0, 0.1) is 0 Å². The Morgan fingerprint density at radius 3 is 2.28 bits per heavy atom. The number of piperazine rings is 1. The van der Waals surface area contributed by atoms with Gasteiger partial charge in [-0.25, -0.2) is 4.98 Å². The van der Waals surface area contributed by atoms with Gasteiger partial charge in [-0.1, -0.05) is 60.7 Å². The molecule has 0 saturated carbocycles. The standard InChI is InChI=1S/C26H29N5O/c1-27-25-24-22(16-21(17-23(24)32)20-10-6-3-7-11-20)28-26(29-25)31-14-12-30(13-15-31)18-19-8-4-2-5-9-19/h2-11,21H,12-18H2,1H3,(H,27,28,29). The van der Waals surface area contributed by atoms with Gasteiger partial charge in [-0.3, -0.25) is 9.69 Å². The Kier molecular flexibility index (Phi) is 5.86. The van der Waals surface area contributed by atoms with Crippen LogP contribution in [0.25, 0.3) is 0 Å². The summed E-state index contributed by atoms with van der Waals surface area (Å²) in [4.78, 5) is 27.4. The predicted molar refractivity (Wildman–Crippen MR) is 127 cm³/mol. The van der Waals surface area contributed by atoms with E-state index in [1.54, 1.807) is 0 Å². The molecule has 6 heteroatoms. The molecule has 0 radical (unpaired) electrons. The van der Waals surface area contributed by atoms with E-state index in [0.717, 1.165) is 50.8 Å². The van der Waals surface area contributed by atoms with E-state index in [0.29, 0.717) is 17.8 Å². The van der Waals surface area contributed by atoms with E-state index in [4.69, 9.17) is 9.97 Å². The van der Waals surface area contributed by atoms with Crippen LogP contribution in [0.5, 0.6) is 0 Å². The fourth-order valence-electron chi connectivity index (χ4n) is 4.80. The normalized spacial score (nSPS) is 19.0. The molecule has 1 aliphatic carbocycles. The highest BCUT2D eigenvalue weighted by Gasteiger charge is 2.32. The van der Waals surface area contributed by atoms with E-state index in [-0.39, 0.29) is 11.7 Å². The molecule has 1 unspecified atom stereocenters. The second kappa shape index (κ2) is 9.09. The molecular formula is C26H29N5O. The minimum absolute atomic E-state index is 0.128. The molecule has 1 saturated heterocycles. The Balaban J connectivity index is 1.34. The van der Waals surface area contributed by atoms with Gasteiger partial charge in [-0.2, -0.15) is 4.98 Å². The summed E-state index contributed by atoms with van der Waals surface area (Å²) in [5, 5.41) is 3.15. The number of aromatic nitrogens is 2. The lowest BCUT2D eigenvalue weighted by Gasteiger charge is -2.35. The Morgan fingerprint density at radius 1 is 0.906 bits per heavy atom. The van der Waals surface area contributed by atoms with Crippen molar-refractivity contribution in [2.24, 2.45) is 0 Å². The first-order valence-corrected chi connectivity index (χ1v) is 11.4. The molecule has 6 nitrogen and oxygen atoms in total. The van der Waals surface area contributed by atoms with Gasteiger partial charge in [0.1, 0.15) is 5.82 Å². The first-order chi connectivity index (χ1) is 15.7. The number of hydrogen-bond donors (Lipinski definition) is 1. The van der Waals surface area contributed by atoms with Crippen molar-refractivity contribution in [3.05, 3.63) is 83.0 Å². The van der Waals surface area contributed by atoms with Gasteiger partial charge >= 0.3 is 0 Å². The topological polar surface area (TPSA) is 61.4 Å². The molecule has 164 valence electrons. The van der Waals surface area contributed by atoms with E-state index in [1.165, 1.54) is 11.1 Å². The molecule has 0 amide bonds. The van der Waals surface area contributed by atoms with Crippen LogP contribution in [0.4, 0.5) is 11.8 Å². The molecule has 1 fully saturated rings. The molecule has 0 spiro atoms. The number of ketones is 1. The van der Waals surface area contributed by atoms with Crippen LogP contribution in [0.15, 0.2) is 60.7 Å². The molecule has 1 aliphatic heterocycles. The summed E-state index contributed by atoms with van der Waals surface area (Å²) in [5.74, 6) is 1.69. The van der Waals surface area contributed by atoms with E-state index < -0.39 is 0 Å². The minimum Gasteiger partial charge on any atom is -0.372 e. The Morgan fingerprint density at radius 2 is 1.59 bits per heavy atom. The molecule has 5 rings (SSSR count). The SMILES string of the molecule is CNc1nc(N2CCN(Cc3ccccc3)CC2)nc2c1C(=O)CC(c1ccccc1)C2. The van der Waals surface area contributed by atoms with Gasteiger partial charge in [-0.05, 0) is 23.5 Å². The summed E-state index contributed by atoms with van der Waals surface area (Å²) in [6, 6.07) is 20.9. The molecule has 1 N–H and O–H groups in total. The van der Waals surface area contributed by atoms with Crippen LogP contribution in [0.1, 0.15) is 39.5 Å². The Labute approximate surface area is 189 Å². The third-order valence-corrected chi connectivity index (χ3v) is 6.53. The van der Waals surface area contributed by atoms with Crippen molar-refractivity contribution in [1.29, 1.82) is 0 Å². The number of Topliss-reactive ketones (excluding diaryl/α,β-unsaturated/α-hetero) is 1. The number of fused-ring (bicyclic) bond motifs is 1. The first-order valence-electron chi connectivity index (χ1n) is 11.4. The molecule has 1 aromatic heterocycles. The van der Waals surface area contributed by atoms with Crippen molar-refractivity contribution in [2.75, 3.05) is 43.4 Å². The number of nitrogens with one attached hydrogen (secondary N) is 1. The summed E-state index contributed by atoms with van der Waals surface area (Å²) in [6.07, 6.45) is 1.27. The zero-order valence-electron chi connectivity index (χ0n) is 18.5. The molecular weight excluding hydrogens is 398 g/mol. The summed E-state index contributed by atoms with van der Waals surface area (Å²) < 4.78 is 0. The maximum atomic E-state index is 13.0. The zero-order chi connectivity index (χ0) is 21.9. The van der Waals surface area contributed by atoms with Crippen LogP contribution in [-0.2, 0) is 13.0 Å². The van der Waals surface area contributed by atoms with Gasteiger partial charge in [0.25, 0.3) is 0 Å². The first kappa shape index (κ1) is 20.6. The van der Waals surface area contributed by atoms with Crippen LogP contribution < -0.4 is 10.2 Å². The monoisotopic (exact) mass is 427 g/mol. The van der Waals surface area contributed by atoms with Gasteiger partial charge in [-0.15, -0.1) is 0 Å². The molecule has 2 heterocycles. The Hall–Kier alpha value is -3.25. The maximum absolute atomic E-state index is 13.0. The van der Waals surface area contributed by atoms with Crippen LogP contribution in [0.3, 0.4) is 0 Å². The number of rotatable bonds is 5. The van der Waals surface area contributed by atoms with Crippen molar-refractivity contribution >= 4 is 17.5 Å². The molecule has 32 heavy (non-hydrogen) atoms. The van der Waals surface area contributed by atoms with Crippen molar-refractivity contribution in [1.82, 2.24) is 14.9 Å². The highest BCUT2D eigenvalue weighted by Crippen LogP contribution is 2.35. The number of anilines is 2. The van der Waals surface area contributed by atoms with Crippen LogP contribution in [0.2, 0.25) is 0 Å². The third kappa shape index (κ3) is 4.23. The van der Waals surface area contributed by atoms with E-state index in [2.05, 4.69) is 57.6 Å². The Bertz CT molecular complexity index is 1080. The van der Waals surface area contributed by atoms with E-state index in [1.807, 2.05) is 25.2 Å². The van der Waals surface area contributed by atoms with Gasteiger partial charge < -0.3 is 10.2 Å². The number of nitrogens with zero attached hydrogens (tertiary/aromatic N) is 4. The molecule has 2 aliphatic rings. The highest BCUT2D eigenvalue weighted by atomic mass is 16.1. The summed E-state index contributed by atoms with van der Waals surface area (Å²) >= 11 is 0. The van der Waals surface area contributed by atoms with Gasteiger partial charge in [0.2, 0.25) is 5.95 Å². The number of hydrogen-bond acceptors (Lipinski definition) is 6.